The van der Waals surface area contributed by atoms with Crippen LogP contribution in [-0.2, 0) is 28.4 Å². The fourth-order valence-electron chi connectivity index (χ4n) is 4.69. The third-order valence-corrected chi connectivity index (χ3v) is 6.83. The van der Waals surface area contributed by atoms with E-state index < -0.39 is 64.1 Å². The summed E-state index contributed by atoms with van der Waals surface area (Å²) in [6.45, 7) is -0.897. The number of amides is 1. The zero-order valence-corrected chi connectivity index (χ0v) is 21.5. The quantitative estimate of drug-likeness (QED) is 0.230. The van der Waals surface area contributed by atoms with Gasteiger partial charge in [0.2, 0.25) is 0 Å². The normalized spacial score (nSPS) is 15.0. The molecule has 1 aromatic heterocycles. The fraction of sp³-hybridized carbons (Fsp3) is 0.200. The van der Waals surface area contributed by atoms with Gasteiger partial charge in [0.25, 0.3) is 11.5 Å². The van der Waals surface area contributed by atoms with Crippen LogP contribution >= 0.6 is 0 Å². The molecule has 0 radical (unpaired) electrons. The summed E-state index contributed by atoms with van der Waals surface area (Å²) in [5.74, 6) is -4.09. The van der Waals surface area contributed by atoms with Crippen LogP contribution in [0.15, 0.2) is 97.2 Å². The van der Waals surface area contributed by atoms with E-state index in [4.69, 9.17) is 0 Å². The van der Waals surface area contributed by atoms with E-state index >= 15 is 0 Å². The Morgan fingerprint density at radius 3 is 1.88 bits per heavy atom. The van der Waals surface area contributed by atoms with E-state index in [-0.39, 0.29) is 18.2 Å². The summed E-state index contributed by atoms with van der Waals surface area (Å²) < 4.78 is 112. The van der Waals surface area contributed by atoms with E-state index in [9.17, 15) is 45.0 Å². The first-order valence-electron chi connectivity index (χ1n) is 12.3. The van der Waals surface area contributed by atoms with Gasteiger partial charge in [-0.2, -0.15) is 26.3 Å². The van der Waals surface area contributed by atoms with E-state index in [1.54, 1.807) is 30.3 Å². The van der Waals surface area contributed by atoms with Crippen molar-refractivity contribution < 1.29 is 45.0 Å². The number of hydrogen-bond acceptors (Lipinski definition) is 3. The zero-order chi connectivity index (χ0) is 30.8. The molecule has 0 bridgehead atoms. The van der Waals surface area contributed by atoms with Crippen molar-refractivity contribution in [2.75, 3.05) is 6.54 Å². The number of carbonyl (C=O) groups excluding carboxylic acids is 1. The van der Waals surface area contributed by atoms with Gasteiger partial charge in [0.15, 0.2) is 0 Å². The van der Waals surface area contributed by atoms with Crippen LogP contribution < -0.4 is 5.32 Å². The van der Waals surface area contributed by atoms with Gasteiger partial charge >= 0.3 is 12.4 Å². The molecule has 4 aromatic rings. The summed E-state index contributed by atoms with van der Waals surface area (Å²) in [7, 11) is 0. The summed E-state index contributed by atoms with van der Waals surface area (Å²) in [5, 5.41) is 12.8. The monoisotopic (exact) mass is 594 g/mol. The second kappa shape index (κ2) is 11.5. The maximum Gasteiger partial charge on any atom is 0.430 e. The summed E-state index contributed by atoms with van der Waals surface area (Å²) >= 11 is 0. The largest absolute Gasteiger partial charge is 0.430 e. The first-order chi connectivity index (χ1) is 19.7. The van der Waals surface area contributed by atoms with E-state index in [1.807, 2.05) is 5.32 Å². The van der Waals surface area contributed by atoms with Gasteiger partial charge in [-0.25, -0.2) is 8.78 Å². The molecule has 0 aliphatic heterocycles. The summed E-state index contributed by atoms with van der Waals surface area (Å²) in [4.78, 5) is 17.2. The Morgan fingerprint density at radius 1 is 0.738 bits per heavy atom. The second-order valence-electron chi connectivity index (χ2n) is 9.59. The third kappa shape index (κ3) is 6.13. The lowest BCUT2D eigenvalue weighted by molar-refractivity contribution is -0.257. The van der Waals surface area contributed by atoms with Crippen molar-refractivity contribution in [2.24, 2.45) is 0 Å². The van der Waals surface area contributed by atoms with Crippen LogP contribution in [0, 0.1) is 11.6 Å². The molecule has 2 atom stereocenters. The molecule has 3 aromatic carbocycles. The Morgan fingerprint density at radius 2 is 1.33 bits per heavy atom. The number of nitrogens with one attached hydrogen (secondary N) is 1. The molecule has 42 heavy (non-hydrogen) atoms. The topological polar surface area (TPSA) is 62.2 Å². The Labute approximate surface area is 234 Å². The van der Waals surface area contributed by atoms with Crippen molar-refractivity contribution >= 4 is 5.91 Å². The lowest BCUT2D eigenvalue weighted by Gasteiger charge is -2.37. The zero-order valence-electron chi connectivity index (χ0n) is 21.5. The molecule has 220 valence electrons. The van der Waals surface area contributed by atoms with Crippen LogP contribution in [0.5, 0.6) is 0 Å². The van der Waals surface area contributed by atoms with Gasteiger partial charge in [0.1, 0.15) is 11.6 Å². The highest BCUT2D eigenvalue weighted by atomic mass is 19.4. The predicted octanol–water partition coefficient (Wildman–Crippen LogP) is 6.47. The highest BCUT2D eigenvalue weighted by molar-refractivity contribution is 5.87. The van der Waals surface area contributed by atoms with Gasteiger partial charge in [-0.15, -0.1) is 0 Å². The molecule has 4 nitrogen and oxygen atoms in total. The molecule has 2 N–H and O–H groups in total. The van der Waals surface area contributed by atoms with Crippen molar-refractivity contribution in [1.82, 2.24) is 10.3 Å². The van der Waals surface area contributed by atoms with Gasteiger partial charge in [-0.3, -0.25) is 9.78 Å². The molecule has 12 heteroatoms. The van der Waals surface area contributed by atoms with Crippen LogP contribution in [0.25, 0.3) is 0 Å². The molecule has 1 heterocycles. The molecular weight excluding hydrogens is 572 g/mol. The van der Waals surface area contributed by atoms with Crippen molar-refractivity contribution in [3.05, 3.63) is 137 Å². The number of rotatable bonds is 8. The Balaban J connectivity index is 1.92. The minimum atomic E-state index is -5.52. The average Bonchev–Trinajstić information content (AvgIpc) is 2.94. The molecule has 0 spiro atoms. The van der Waals surface area contributed by atoms with Crippen LogP contribution in [0.2, 0.25) is 0 Å². The number of halogens is 8. The fourth-order valence-corrected chi connectivity index (χ4v) is 4.69. The van der Waals surface area contributed by atoms with Crippen molar-refractivity contribution in [3.63, 3.8) is 0 Å². The molecule has 0 saturated carbocycles. The number of alkyl halides is 6. The first kappa shape index (κ1) is 30.6. The molecule has 0 aliphatic carbocycles. The van der Waals surface area contributed by atoms with Crippen LogP contribution in [0.4, 0.5) is 35.1 Å². The van der Waals surface area contributed by atoms with Crippen molar-refractivity contribution in [3.8, 4) is 0 Å². The van der Waals surface area contributed by atoms with Gasteiger partial charge < -0.3 is 10.4 Å². The molecule has 0 fully saturated rings. The summed E-state index contributed by atoms with van der Waals surface area (Å²) in [5.41, 5.74) is -8.41. The SMILES string of the molecule is O=C(NC[C@@](Cc1ccccc1)(c1cc(F)cc(C(F)(F)F)c1)c1ccc(F)cn1)[C@@](O)(c1ccccc1)C(F)(F)F. The highest BCUT2D eigenvalue weighted by Crippen LogP contribution is 2.41. The smallest absolute Gasteiger partial charge is 0.369 e. The number of pyridine rings is 1. The molecule has 1 amide bonds. The number of carbonyl (C=O) groups is 1. The Bertz CT molecular complexity index is 1530. The molecule has 0 aliphatic rings. The van der Waals surface area contributed by atoms with E-state index in [0.29, 0.717) is 11.6 Å². The van der Waals surface area contributed by atoms with Crippen molar-refractivity contribution in [2.45, 2.75) is 29.8 Å². The van der Waals surface area contributed by atoms with Gasteiger partial charge in [0.05, 0.1) is 22.9 Å². The standard InChI is InChI=1S/C30H22F8N2O2/c31-23-11-12-25(39-17-23)27(16-19-7-3-1-4-8-19,21-13-22(29(33,34)35)15-24(32)14-21)18-40-26(41)28(42,30(36,37)38)20-9-5-2-6-10-20/h1-15,17,42H,16,18H2,(H,40,41)/t27-,28-/m0/s1. The van der Waals surface area contributed by atoms with Crippen LogP contribution in [0.3, 0.4) is 0 Å². The van der Waals surface area contributed by atoms with Gasteiger partial charge in [-0.1, -0.05) is 60.7 Å². The highest BCUT2D eigenvalue weighted by Gasteiger charge is 2.61. The molecular formula is C30H22F8N2O2. The maximum atomic E-state index is 14.7. The van der Waals surface area contributed by atoms with E-state index in [0.717, 1.165) is 36.5 Å². The minimum Gasteiger partial charge on any atom is -0.369 e. The lowest BCUT2D eigenvalue weighted by atomic mass is 9.72. The number of benzene rings is 3. The number of aromatic nitrogens is 1. The van der Waals surface area contributed by atoms with E-state index in [1.165, 1.54) is 18.2 Å². The number of aliphatic hydroxyl groups is 1. The Hall–Kier alpha value is -4.32. The van der Waals surface area contributed by atoms with Gasteiger partial charge in [-0.05, 0) is 47.9 Å². The lowest BCUT2D eigenvalue weighted by Crippen LogP contribution is -2.57. The average molecular weight is 595 g/mol. The minimum absolute atomic E-state index is 0.179. The predicted molar refractivity (Wildman–Crippen MR) is 136 cm³/mol. The number of nitrogens with zero attached hydrogens (tertiary/aromatic N) is 1. The second-order valence-corrected chi connectivity index (χ2v) is 9.59. The summed E-state index contributed by atoms with van der Waals surface area (Å²) in [6, 6.07) is 17.0. The summed E-state index contributed by atoms with van der Waals surface area (Å²) in [6.07, 6.45) is -10.1. The van der Waals surface area contributed by atoms with Gasteiger partial charge in [0, 0.05) is 12.1 Å². The third-order valence-electron chi connectivity index (χ3n) is 6.83. The molecule has 0 unspecified atom stereocenters. The number of hydrogen-bond donors (Lipinski definition) is 2. The van der Waals surface area contributed by atoms with Crippen LogP contribution in [-0.4, -0.2) is 28.7 Å². The first-order valence-corrected chi connectivity index (χ1v) is 12.3. The molecule has 0 saturated heterocycles. The van der Waals surface area contributed by atoms with Crippen LogP contribution in [0.1, 0.15) is 27.9 Å². The molecule has 4 rings (SSSR count). The van der Waals surface area contributed by atoms with E-state index in [2.05, 4.69) is 4.98 Å². The Kier molecular flexibility index (Phi) is 8.40. The van der Waals surface area contributed by atoms with Crippen molar-refractivity contribution in [1.29, 1.82) is 0 Å². The maximum absolute atomic E-state index is 14.7.